The van der Waals surface area contributed by atoms with Crippen LogP contribution in [0.25, 0.3) is 61.1 Å². The maximum Gasteiger partial charge on any atom is 0.258 e. The van der Waals surface area contributed by atoms with Crippen LogP contribution in [0.5, 0.6) is 0 Å². The van der Waals surface area contributed by atoms with Gasteiger partial charge in [0.25, 0.3) is 5.89 Å². The van der Waals surface area contributed by atoms with Crippen LogP contribution < -0.4 is 0 Å². The molecule has 7 aromatic rings. The van der Waals surface area contributed by atoms with Crippen molar-refractivity contribution in [2.24, 2.45) is 0 Å². The zero-order valence-corrected chi connectivity index (χ0v) is 18.2. The van der Waals surface area contributed by atoms with E-state index in [9.17, 15) is 0 Å². The molecule has 34 heavy (non-hydrogen) atoms. The van der Waals surface area contributed by atoms with Crippen LogP contribution in [0, 0.1) is 0 Å². The fourth-order valence-corrected chi connectivity index (χ4v) is 4.74. The largest absolute Gasteiger partial charge is 0.334 e. The molecule has 0 spiro atoms. The molecule has 0 N–H and O–H groups in total. The van der Waals surface area contributed by atoms with Crippen molar-refractivity contribution in [2.75, 3.05) is 0 Å². The second-order valence-corrected chi connectivity index (χ2v) is 8.40. The molecular formula is C30H19N3O. The Morgan fingerprint density at radius 1 is 0.559 bits per heavy atom. The number of aromatic nitrogens is 3. The molecule has 0 radical (unpaired) electrons. The molecule has 0 aliphatic heterocycles. The third-order valence-corrected chi connectivity index (χ3v) is 6.39. The average molecular weight is 438 g/mol. The van der Waals surface area contributed by atoms with Crippen molar-refractivity contribution >= 4 is 32.6 Å². The lowest BCUT2D eigenvalue weighted by atomic mass is 10.1. The molecule has 0 unspecified atom stereocenters. The summed E-state index contributed by atoms with van der Waals surface area (Å²) in [6.07, 6.45) is 0. The second kappa shape index (κ2) is 7.42. The van der Waals surface area contributed by atoms with Gasteiger partial charge in [-0.05, 0) is 53.2 Å². The smallest absolute Gasteiger partial charge is 0.258 e. The quantitative estimate of drug-likeness (QED) is 0.285. The van der Waals surface area contributed by atoms with Crippen LogP contribution in [0.15, 0.2) is 120 Å². The maximum absolute atomic E-state index is 5.62. The Labute approximate surface area is 195 Å². The summed E-state index contributed by atoms with van der Waals surface area (Å²) in [5.41, 5.74) is 5.30. The minimum Gasteiger partial charge on any atom is -0.334 e. The van der Waals surface area contributed by atoms with Crippen molar-refractivity contribution in [1.82, 2.24) is 14.7 Å². The summed E-state index contributed by atoms with van der Waals surface area (Å²) < 4.78 is 7.91. The van der Waals surface area contributed by atoms with Gasteiger partial charge in [-0.1, -0.05) is 78.0 Å². The number of fused-ring (bicyclic) bond motifs is 4. The molecule has 0 fully saturated rings. The molecule has 2 aromatic heterocycles. The van der Waals surface area contributed by atoms with Gasteiger partial charge in [-0.25, -0.2) is 0 Å². The Balaban J connectivity index is 1.27. The van der Waals surface area contributed by atoms with Gasteiger partial charge in [-0.15, -0.1) is 0 Å². The average Bonchev–Trinajstić information content (AvgIpc) is 3.52. The lowest BCUT2D eigenvalue weighted by Gasteiger charge is -2.08. The molecule has 7 rings (SSSR count). The van der Waals surface area contributed by atoms with E-state index in [4.69, 9.17) is 4.52 Å². The van der Waals surface area contributed by atoms with Crippen molar-refractivity contribution < 1.29 is 4.52 Å². The molecule has 0 saturated carbocycles. The third-order valence-electron chi connectivity index (χ3n) is 6.39. The molecule has 0 bridgehead atoms. The fraction of sp³-hybridized carbons (Fsp3) is 0. The molecule has 0 amide bonds. The Kier molecular flexibility index (Phi) is 4.11. The van der Waals surface area contributed by atoms with Gasteiger partial charge in [0, 0.05) is 27.6 Å². The maximum atomic E-state index is 5.62. The minimum absolute atomic E-state index is 0.511. The molecule has 4 heteroatoms. The van der Waals surface area contributed by atoms with E-state index in [2.05, 4.69) is 99.6 Å². The Hall–Kier alpha value is -4.70. The monoisotopic (exact) mass is 437 g/mol. The molecule has 160 valence electrons. The first kappa shape index (κ1) is 18.8. The fourth-order valence-electron chi connectivity index (χ4n) is 4.74. The molecular weight excluding hydrogens is 418 g/mol. The van der Waals surface area contributed by atoms with Crippen LogP contribution in [-0.4, -0.2) is 14.7 Å². The number of benzene rings is 5. The Morgan fingerprint density at radius 3 is 1.91 bits per heavy atom. The summed E-state index contributed by atoms with van der Waals surface area (Å²) in [6, 6.07) is 39.8. The van der Waals surface area contributed by atoms with Crippen LogP contribution in [0.2, 0.25) is 0 Å². The van der Waals surface area contributed by atoms with E-state index in [-0.39, 0.29) is 0 Å². The highest BCUT2D eigenvalue weighted by Gasteiger charge is 2.14. The normalized spacial score (nSPS) is 11.5. The summed E-state index contributed by atoms with van der Waals surface area (Å²) in [5, 5.41) is 9.08. The Morgan fingerprint density at radius 2 is 1.18 bits per heavy atom. The standard InChI is InChI=1S/C30H19N3O/c1-2-8-22-19-23(14-13-20(22)7-1)29-31-30(34-32-29)21-15-17-24(18-16-21)33-27-11-5-3-9-25(27)26-10-4-6-12-28(26)33/h1-19H. The van der Waals surface area contributed by atoms with Gasteiger partial charge in [-0.3, -0.25) is 0 Å². The second-order valence-electron chi connectivity index (χ2n) is 8.40. The number of hydrogen-bond donors (Lipinski definition) is 0. The van der Waals surface area contributed by atoms with E-state index in [1.54, 1.807) is 0 Å². The molecule has 0 atom stereocenters. The molecule has 2 heterocycles. The number of rotatable bonds is 3. The van der Waals surface area contributed by atoms with Gasteiger partial charge < -0.3 is 9.09 Å². The van der Waals surface area contributed by atoms with Crippen LogP contribution in [-0.2, 0) is 0 Å². The zero-order valence-electron chi connectivity index (χ0n) is 18.2. The van der Waals surface area contributed by atoms with Gasteiger partial charge in [0.15, 0.2) is 0 Å². The van der Waals surface area contributed by atoms with Gasteiger partial charge in [0.2, 0.25) is 5.82 Å². The zero-order chi connectivity index (χ0) is 22.5. The van der Waals surface area contributed by atoms with Crippen LogP contribution in [0.4, 0.5) is 0 Å². The van der Waals surface area contributed by atoms with E-state index in [1.807, 2.05) is 30.3 Å². The first-order valence-electron chi connectivity index (χ1n) is 11.3. The van der Waals surface area contributed by atoms with Crippen LogP contribution in [0.3, 0.4) is 0 Å². The predicted molar refractivity (Wildman–Crippen MR) is 137 cm³/mol. The first-order chi connectivity index (χ1) is 16.8. The molecule has 0 aliphatic carbocycles. The van der Waals surface area contributed by atoms with Gasteiger partial charge in [0.05, 0.1) is 11.0 Å². The summed E-state index contributed by atoms with van der Waals surface area (Å²) in [6.45, 7) is 0. The summed E-state index contributed by atoms with van der Waals surface area (Å²) >= 11 is 0. The Bertz CT molecular complexity index is 1760. The van der Waals surface area contributed by atoms with E-state index in [0.29, 0.717) is 11.7 Å². The molecule has 5 aromatic carbocycles. The van der Waals surface area contributed by atoms with Crippen molar-refractivity contribution in [2.45, 2.75) is 0 Å². The van der Waals surface area contributed by atoms with Crippen molar-refractivity contribution in [3.63, 3.8) is 0 Å². The summed E-state index contributed by atoms with van der Waals surface area (Å²) in [5.74, 6) is 1.10. The van der Waals surface area contributed by atoms with Crippen LogP contribution in [0.1, 0.15) is 0 Å². The highest BCUT2D eigenvalue weighted by molar-refractivity contribution is 6.09. The lowest BCUT2D eigenvalue weighted by molar-refractivity contribution is 0.432. The molecule has 4 nitrogen and oxygen atoms in total. The lowest BCUT2D eigenvalue weighted by Crippen LogP contribution is -1.93. The van der Waals surface area contributed by atoms with Crippen molar-refractivity contribution in [1.29, 1.82) is 0 Å². The first-order valence-corrected chi connectivity index (χ1v) is 11.3. The van der Waals surface area contributed by atoms with Gasteiger partial charge in [-0.2, -0.15) is 4.98 Å². The highest BCUT2D eigenvalue weighted by atomic mass is 16.5. The predicted octanol–water partition coefficient (Wildman–Crippen LogP) is 7.65. The number of nitrogens with zero attached hydrogens (tertiary/aromatic N) is 3. The van der Waals surface area contributed by atoms with Gasteiger partial charge >= 0.3 is 0 Å². The minimum atomic E-state index is 0.511. The summed E-state index contributed by atoms with van der Waals surface area (Å²) in [7, 11) is 0. The van der Waals surface area contributed by atoms with E-state index in [0.717, 1.165) is 22.2 Å². The van der Waals surface area contributed by atoms with E-state index in [1.165, 1.54) is 27.2 Å². The van der Waals surface area contributed by atoms with Crippen molar-refractivity contribution in [3.05, 3.63) is 115 Å². The van der Waals surface area contributed by atoms with Gasteiger partial charge in [0.1, 0.15) is 0 Å². The molecule has 0 saturated heterocycles. The highest BCUT2D eigenvalue weighted by Crippen LogP contribution is 2.32. The number of para-hydroxylation sites is 2. The van der Waals surface area contributed by atoms with E-state index >= 15 is 0 Å². The topological polar surface area (TPSA) is 43.9 Å². The third kappa shape index (κ3) is 2.93. The number of hydrogen-bond acceptors (Lipinski definition) is 3. The van der Waals surface area contributed by atoms with Crippen LogP contribution >= 0.6 is 0 Å². The van der Waals surface area contributed by atoms with E-state index < -0.39 is 0 Å². The molecule has 0 aliphatic rings. The summed E-state index contributed by atoms with van der Waals surface area (Å²) in [4.78, 5) is 4.67. The van der Waals surface area contributed by atoms with Crippen molar-refractivity contribution in [3.8, 4) is 28.5 Å². The SMILES string of the molecule is c1ccc2cc(-c3noc(-c4ccc(-n5c6ccccc6c6ccccc65)cc4)n3)ccc2c1.